The first-order chi connectivity index (χ1) is 12.9. The predicted octanol–water partition coefficient (Wildman–Crippen LogP) is 1.83. The number of methoxy groups -OCH3 is 1. The number of carbonyl (C=O) groups excluding carboxylic acids is 1. The lowest BCUT2D eigenvalue weighted by Gasteiger charge is -2.17. The number of sulfonamides is 1. The zero-order valence-corrected chi connectivity index (χ0v) is 16.1. The quantitative estimate of drug-likeness (QED) is 0.729. The van der Waals surface area contributed by atoms with E-state index in [9.17, 15) is 13.2 Å². The molecule has 1 aliphatic heterocycles. The van der Waals surface area contributed by atoms with Crippen molar-refractivity contribution in [3.8, 4) is 11.5 Å². The molecule has 0 saturated heterocycles. The Hall–Kier alpha value is -2.74. The number of amides is 1. The average molecular weight is 390 g/mol. The molecule has 0 unspecified atom stereocenters. The summed E-state index contributed by atoms with van der Waals surface area (Å²) < 4.78 is 35.9. The molecular weight excluding hydrogens is 368 g/mol. The van der Waals surface area contributed by atoms with Crippen LogP contribution in [0.2, 0.25) is 0 Å². The van der Waals surface area contributed by atoms with Crippen LogP contribution >= 0.6 is 0 Å². The second-order valence-corrected chi connectivity index (χ2v) is 8.09. The molecule has 0 saturated carbocycles. The van der Waals surface area contributed by atoms with Gasteiger partial charge in [-0.2, -0.15) is 0 Å². The minimum absolute atomic E-state index is 0.276. The lowest BCUT2D eigenvalue weighted by Crippen LogP contribution is -2.29. The lowest BCUT2D eigenvalue weighted by molar-refractivity contribution is 0.0947. The summed E-state index contributed by atoms with van der Waals surface area (Å²) in [7, 11) is -1.78. The van der Waals surface area contributed by atoms with E-state index in [2.05, 4.69) is 5.32 Å². The number of nitrogens with one attached hydrogen (secondary N) is 1. The second kappa shape index (κ2) is 7.87. The molecule has 3 rings (SSSR count). The number of para-hydroxylation sites is 2. The van der Waals surface area contributed by atoms with E-state index in [-0.39, 0.29) is 12.5 Å². The molecule has 7 nitrogen and oxygen atoms in total. The third-order valence-electron chi connectivity index (χ3n) is 4.32. The Morgan fingerprint density at radius 3 is 2.63 bits per heavy atom. The molecular formula is C19H22N2O5S. The van der Waals surface area contributed by atoms with Gasteiger partial charge in [0.2, 0.25) is 10.0 Å². The van der Waals surface area contributed by atoms with Crippen LogP contribution in [-0.4, -0.2) is 47.4 Å². The van der Waals surface area contributed by atoms with Gasteiger partial charge in [0, 0.05) is 12.1 Å². The molecule has 0 aliphatic carbocycles. The van der Waals surface area contributed by atoms with Crippen molar-refractivity contribution in [2.75, 3.05) is 37.4 Å². The minimum Gasteiger partial charge on any atom is -0.493 e. The first-order valence-corrected chi connectivity index (χ1v) is 10.4. The average Bonchev–Trinajstić information content (AvgIpc) is 3.09. The summed E-state index contributed by atoms with van der Waals surface area (Å²) in [5.41, 5.74) is 1.92. The summed E-state index contributed by atoms with van der Waals surface area (Å²) in [6, 6.07) is 12.4. The highest BCUT2D eigenvalue weighted by Crippen LogP contribution is 2.31. The second-order valence-electron chi connectivity index (χ2n) is 6.18. The van der Waals surface area contributed by atoms with Crippen LogP contribution in [0.15, 0.2) is 42.5 Å². The van der Waals surface area contributed by atoms with Gasteiger partial charge < -0.3 is 14.8 Å². The van der Waals surface area contributed by atoms with Crippen LogP contribution in [0.25, 0.3) is 0 Å². The SMILES string of the molecule is COc1ccccc1OCCNC(=O)c1ccc2c(c1)N(S(C)(=O)=O)CC2. The maximum atomic E-state index is 12.4. The third-order valence-corrected chi connectivity index (χ3v) is 5.49. The van der Waals surface area contributed by atoms with Crippen molar-refractivity contribution in [2.24, 2.45) is 0 Å². The Kier molecular flexibility index (Phi) is 5.55. The number of anilines is 1. The molecule has 27 heavy (non-hydrogen) atoms. The van der Waals surface area contributed by atoms with E-state index in [0.717, 1.165) is 5.56 Å². The van der Waals surface area contributed by atoms with Gasteiger partial charge in [-0.05, 0) is 36.2 Å². The molecule has 2 aromatic carbocycles. The van der Waals surface area contributed by atoms with E-state index in [1.165, 1.54) is 10.6 Å². The van der Waals surface area contributed by atoms with Crippen LogP contribution in [0.1, 0.15) is 15.9 Å². The molecule has 1 amide bonds. The molecule has 0 spiro atoms. The molecule has 0 aromatic heterocycles. The normalized spacial score (nSPS) is 13.2. The van der Waals surface area contributed by atoms with Gasteiger partial charge in [-0.15, -0.1) is 0 Å². The number of rotatable bonds is 7. The highest BCUT2D eigenvalue weighted by Gasteiger charge is 2.26. The summed E-state index contributed by atoms with van der Waals surface area (Å²) in [5, 5.41) is 2.78. The number of nitrogens with zero attached hydrogens (tertiary/aromatic N) is 1. The van der Waals surface area contributed by atoms with E-state index >= 15 is 0 Å². The van der Waals surface area contributed by atoms with Crippen molar-refractivity contribution in [1.29, 1.82) is 0 Å². The number of fused-ring (bicyclic) bond motifs is 1. The van der Waals surface area contributed by atoms with E-state index < -0.39 is 10.0 Å². The van der Waals surface area contributed by atoms with Gasteiger partial charge in [0.1, 0.15) is 6.61 Å². The van der Waals surface area contributed by atoms with Crippen LogP contribution in [-0.2, 0) is 16.4 Å². The van der Waals surface area contributed by atoms with Crippen molar-refractivity contribution in [3.05, 3.63) is 53.6 Å². The monoisotopic (exact) mass is 390 g/mol. The zero-order chi connectivity index (χ0) is 19.4. The van der Waals surface area contributed by atoms with Crippen molar-refractivity contribution >= 4 is 21.6 Å². The maximum absolute atomic E-state index is 12.4. The summed E-state index contributed by atoms with van der Waals surface area (Å²) >= 11 is 0. The number of carbonyl (C=O) groups is 1. The Bertz CT molecular complexity index is 943. The maximum Gasteiger partial charge on any atom is 0.251 e. The molecule has 0 fully saturated rings. The number of hydrogen-bond donors (Lipinski definition) is 1. The fourth-order valence-electron chi connectivity index (χ4n) is 3.00. The molecule has 0 radical (unpaired) electrons. The van der Waals surface area contributed by atoms with Crippen molar-refractivity contribution in [3.63, 3.8) is 0 Å². The summed E-state index contributed by atoms with van der Waals surface area (Å²) in [5.74, 6) is 0.959. The molecule has 1 aliphatic rings. The highest BCUT2D eigenvalue weighted by molar-refractivity contribution is 7.92. The summed E-state index contributed by atoms with van der Waals surface area (Å²) in [6.45, 7) is 1.00. The smallest absolute Gasteiger partial charge is 0.251 e. The summed E-state index contributed by atoms with van der Waals surface area (Å²) in [6.07, 6.45) is 1.82. The van der Waals surface area contributed by atoms with Crippen molar-refractivity contribution in [1.82, 2.24) is 5.32 Å². The van der Waals surface area contributed by atoms with Gasteiger partial charge in [-0.25, -0.2) is 8.42 Å². The highest BCUT2D eigenvalue weighted by atomic mass is 32.2. The molecule has 2 aromatic rings. The van der Waals surface area contributed by atoms with Crippen LogP contribution in [0.5, 0.6) is 11.5 Å². The molecule has 144 valence electrons. The van der Waals surface area contributed by atoms with Gasteiger partial charge in [0.25, 0.3) is 5.91 Å². The van der Waals surface area contributed by atoms with Crippen LogP contribution in [0.4, 0.5) is 5.69 Å². The van der Waals surface area contributed by atoms with E-state index in [4.69, 9.17) is 9.47 Å². The van der Waals surface area contributed by atoms with Gasteiger partial charge in [0.15, 0.2) is 11.5 Å². The predicted molar refractivity (Wildman–Crippen MR) is 103 cm³/mol. The third kappa shape index (κ3) is 4.33. The molecule has 1 heterocycles. The van der Waals surface area contributed by atoms with E-state index in [1.807, 2.05) is 12.1 Å². The standard InChI is InChI=1S/C19H22N2O5S/c1-25-17-5-3-4-6-18(17)26-12-10-20-19(22)15-8-7-14-9-11-21(16(14)13-15)27(2,23)24/h3-8,13H,9-12H2,1-2H3,(H,20,22). The van der Waals surface area contributed by atoms with E-state index in [0.29, 0.717) is 42.3 Å². The largest absolute Gasteiger partial charge is 0.493 e. The van der Waals surface area contributed by atoms with Crippen molar-refractivity contribution < 1.29 is 22.7 Å². The molecule has 0 atom stereocenters. The van der Waals surface area contributed by atoms with Crippen LogP contribution in [0, 0.1) is 0 Å². The number of benzene rings is 2. The van der Waals surface area contributed by atoms with Crippen LogP contribution < -0.4 is 19.1 Å². The lowest BCUT2D eigenvalue weighted by atomic mass is 10.1. The fourth-order valence-corrected chi connectivity index (χ4v) is 3.95. The number of ether oxygens (including phenoxy) is 2. The minimum atomic E-state index is -3.35. The Morgan fingerprint density at radius 2 is 1.93 bits per heavy atom. The molecule has 8 heteroatoms. The zero-order valence-electron chi connectivity index (χ0n) is 15.3. The Morgan fingerprint density at radius 1 is 1.19 bits per heavy atom. The van der Waals surface area contributed by atoms with E-state index in [1.54, 1.807) is 37.4 Å². The van der Waals surface area contributed by atoms with Crippen molar-refractivity contribution in [2.45, 2.75) is 6.42 Å². The Labute approximate surface area is 158 Å². The van der Waals surface area contributed by atoms with Gasteiger partial charge in [-0.1, -0.05) is 18.2 Å². The molecule has 1 N–H and O–H groups in total. The van der Waals surface area contributed by atoms with Crippen LogP contribution in [0.3, 0.4) is 0 Å². The fraction of sp³-hybridized carbons (Fsp3) is 0.316. The Balaban J connectivity index is 1.59. The van der Waals surface area contributed by atoms with Gasteiger partial charge >= 0.3 is 0 Å². The summed E-state index contributed by atoms with van der Waals surface area (Å²) in [4.78, 5) is 12.4. The van der Waals surface area contributed by atoms with Gasteiger partial charge in [0.05, 0.1) is 25.6 Å². The van der Waals surface area contributed by atoms with Gasteiger partial charge in [-0.3, -0.25) is 9.10 Å². The number of hydrogen-bond acceptors (Lipinski definition) is 5. The first kappa shape index (κ1) is 19.0. The molecule has 0 bridgehead atoms. The topological polar surface area (TPSA) is 84.9 Å². The first-order valence-electron chi connectivity index (χ1n) is 8.55.